The minimum absolute atomic E-state index is 0.0461. The molecule has 176 valence electrons. The van der Waals surface area contributed by atoms with E-state index in [1.807, 2.05) is 0 Å². The van der Waals surface area contributed by atoms with Crippen LogP contribution in [0.4, 0.5) is 14.5 Å². The zero-order valence-corrected chi connectivity index (χ0v) is 19.5. The van der Waals surface area contributed by atoms with Crippen LogP contribution in [0.15, 0.2) is 71.1 Å². The van der Waals surface area contributed by atoms with Gasteiger partial charge in [-0.25, -0.2) is 13.8 Å². The number of aromatic amines is 1. The van der Waals surface area contributed by atoms with E-state index in [-0.39, 0.29) is 27.0 Å². The van der Waals surface area contributed by atoms with Gasteiger partial charge in [0.25, 0.3) is 5.91 Å². The summed E-state index contributed by atoms with van der Waals surface area (Å²) in [6.45, 7) is 1.66. The molecule has 5 rings (SSSR count). The fraction of sp³-hybridized carbons (Fsp3) is 0.0833. The van der Waals surface area contributed by atoms with Crippen LogP contribution in [0.5, 0.6) is 0 Å². The molecule has 3 heterocycles. The van der Waals surface area contributed by atoms with Crippen molar-refractivity contribution in [3.8, 4) is 0 Å². The summed E-state index contributed by atoms with van der Waals surface area (Å²) in [5.41, 5.74) is 1.69. The average Bonchev–Trinajstić information content (AvgIpc) is 3.25. The molecule has 0 bridgehead atoms. The third kappa shape index (κ3) is 4.48. The van der Waals surface area contributed by atoms with E-state index >= 15 is 0 Å². The Balaban J connectivity index is 1.57. The maximum Gasteiger partial charge on any atom is 0.255 e. The van der Waals surface area contributed by atoms with Crippen LogP contribution >= 0.6 is 23.2 Å². The Labute approximate surface area is 207 Å². The van der Waals surface area contributed by atoms with Crippen LogP contribution in [0.1, 0.15) is 24.1 Å². The second-order valence-electron chi connectivity index (χ2n) is 7.82. The monoisotopic (exact) mass is 512 g/mol. The minimum Gasteiger partial charge on any atom is -0.343 e. The lowest BCUT2D eigenvalue weighted by Gasteiger charge is -2.27. The number of amides is 1. The van der Waals surface area contributed by atoms with Crippen molar-refractivity contribution in [1.82, 2.24) is 20.5 Å². The van der Waals surface area contributed by atoms with Crippen LogP contribution in [0, 0.1) is 11.6 Å². The Hall–Kier alpha value is -3.82. The Morgan fingerprint density at radius 1 is 1.09 bits per heavy atom. The summed E-state index contributed by atoms with van der Waals surface area (Å²) in [6, 6.07) is 9.05. The number of rotatable bonds is 4. The number of nitrogens with zero attached hydrogens (tertiary/aromatic N) is 3. The maximum absolute atomic E-state index is 15.0. The highest BCUT2D eigenvalue weighted by atomic mass is 35.5. The van der Waals surface area contributed by atoms with Gasteiger partial charge < -0.3 is 10.6 Å². The number of hydrogen-bond acceptors (Lipinski definition) is 5. The normalized spacial score (nSPS) is 15.7. The number of fused-ring (bicyclic) bond motifs is 1. The SMILES string of the molecule is CC1=C(C(=O)Nc2cc3cn[nH]c3cc2F)[C@H](c2ccc(Cl)cc2F)N=C(c2ccnc(Cl)c2)N1. The van der Waals surface area contributed by atoms with Crippen molar-refractivity contribution >= 4 is 51.5 Å². The van der Waals surface area contributed by atoms with Crippen molar-refractivity contribution in [3.05, 3.63) is 99.1 Å². The minimum atomic E-state index is -1.05. The molecule has 2 aromatic carbocycles. The lowest BCUT2D eigenvalue weighted by atomic mass is 9.94. The first kappa shape index (κ1) is 22.9. The van der Waals surface area contributed by atoms with Crippen molar-refractivity contribution in [2.24, 2.45) is 4.99 Å². The molecule has 0 fully saturated rings. The first-order chi connectivity index (χ1) is 16.8. The molecule has 0 spiro atoms. The number of pyridine rings is 1. The lowest BCUT2D eigenvalue weighted by Crippen LogP contribution is -2.34. The second kappa shape index (κ2) is 9.09. The van der Waals surface area contributed by atoms with E-state index in [4.69, 9.17) is 23.2 Å². The Bertz CT molecular complexity index is 1550. The molecule has 0 saturated heterocycles. The number of hydrogen-bond donors (Lipinski definition) is 3. The number of allylic oxidation sites excluding steroid dienone is 1. The van der Waals surface area contributed by atoms with Gasteiger partial charge in [0.2, 0.25) is 0 Å². The zero-order valence-electron chi connectivity index (χ0n) is 18.0. The number of amidine groups is 1. The first-order valence-electron chi connectivity index (χ1n) is 10.4. The summed E-state index contributed by atoms with van der Waals surface area (Å²) in [7, 11) is 0. The number of nitrogens with one attached hydrogen (secondary N) is 3. The van der Waals surface area contributed by atoms with Crippen molar-refractivity contribution in [2.75, 3.05) is 5.32 Å². The number of halogens is 4. The predicted octanol–water partition coefficient (Wildman–Crippen LogP) is 5.55. The van der Waals surface area contributed by atoms with Gasteiger partial charge in [0.15, 0.2) is 0 Å². The number of aliphatic imine (C=N–C) groups is 1. The summed E-state index contributed by atoms with van der Waals surface area (Å²) in [6.07, 6.45) is 3.02. The molecule has 1 atom stereocenters. The van der Waals surface area contributed by atoms with Crippen LogP contribution < -0.4 is 10.6 Å². The summed E-state index contributed by atoms with van der Waals surface area (Å²) < 4.78 is 29.6. The number of H-pyrrole nitrogens is 1. The number of carbonyl (C=O) groups excluding carboxylic acids is 1. The number of aromatic nitrogens is 3. The molecule has 1 amide bonds. The Morgan fingerprint density at radius 3 is 2.69 bits per heavy atom. The van der Waals surface area contributed by atoms with E-state index in [0.717, 1.165) is 6.07 Å². The van der Waals surface area contributed by atoms with E-state index in [2.05, 4.69) is 30.8 Å². The van der Waals surface area contributed by atoms with E-state index < -0.39 is 23.6 Å². The van der Waals surface area contributed by atoms with Gasteiger partial charge in [-0.1, -0.05) is 29.3 Å². The van der Waals surface area contributed by atoms with Gasteiger partial charge in [-0.2, -0.15) is 5.10 Å². The molecule has 11 heteroatoms. The molecule has 4 aromatic rings. The number of benzene rings is 2. The van der Waals surface area contributed by atoms with Gasteiger partial charge in [0, 0.05) is 39.5 Å². The van der Waals surface area contributed by atoms with Crippen LogP contribution in [0.2, 0.25) is 10.2 Å². The number of carbonyl (C=O) groups is 1. The van der Waals surface area contributed by atoms with Crippen molar-refractivity contribution < 1.29 is 13.6 Å². The van der Waals surface area contributed by atoms with Crippen LogP contribution in [-0.2, 0) is 4.79 Å². The smallest absolute Gasteiger partial charge is 0.255 e. The van der Waals surface area contributed by atoms with Crippen molar-refractivity contribution in [1.29, 1.82) is 0 Å². The molecule has 0 radical (unpaired) electrons. The molecule has 0 aliphatic carbocycles. The van der Waals surface area contributed by atoms with Gasteiger partial charge >= 0.3 is 0 Å². The molecule has 3 N–H and O–H groups in total. The van der Waals surface area contributed by atoms with Crippen LogP contribution in [-0.4, -0.2) is 26.9 Å². The Kier molecular flexibility index (Phi) is 5.96. The third-order valence-electron chi connectivity index (χ3n) is 5.52. The van der Waals surface area contributed by atoms with E-state index in [0.29, 0.717) is 28.0 Å². The van der Waals surface area contributed by atoms with Gasteiger partial charge in [0.05, 0.1) is 23.0 Å². The molecule has 0 unspecified atom stereocenters. The molecule has 1 aliphatic rings. The number of anilines is 1. The Morgan fingerprint density at radius 2 is 1.91 bits per heavy atom. The standard InChI is InChI=1S/C24H16Cl2F2N6O/c1-11-21(24(35)32-19-6-13-10-30-34-18(13)9-17(19)28)22(15-3-2-14(25)8-16(15)27)33-23(31-11)12-4-5-29-20(26)7-12/h2-10,22H,1H3,(H,30,34)(H,31,33)(H,32,35)/t22-/m0/s1. The van der Waals surface area contributed by atoms with Gasteiger partial charge in [0.1, 0.15) is 28.7 Å². The zero-order chi connectivity index (χ0) is 24.7. The molecular formula is C24H16Cl2F2N6O. The fourth-order valence-corrected chi connectivity index (χ4v) is 4.20. The van der Waals surface area contributed by atoms with E-state index in [9.17, 15) is 13.6 Å². The largest absolute Gasteiger partial charge is 0.343 e. The highest BCUT2D eigenvalue weighted by Gasteiger charge is 2.32. The summed E-state index contributed by atoms with van der Waals surface area (Å²) >= 11 is 12.0. The highest BCUT2D eigenvalue weighted by Crippen LogP contribution is 2.35. The quantitative estimate of drug-likeness (QED) is 0.312. The topological polar surface area (TPSA) is 95.1 Å². The van der Waals surface area contributed by atoms with E-state index in [1.54, 1.807) is 19.1 Å². The average molecular weight is 513 g/mol. The predicted molar refractivity (Wildman–Crippen MR) is 130 cm³/mol. The van der Waals surface area contributed by atoms with Gasteiger partial charge in [-0.3, -0.25) is 14.9 Å². The molecule has 2 aromatic heterocycles. The second-order valence-corrected chi connectivity index (χ2v) is 8.64. The molecule has 7 nitrogen and oxygen atoms in total. The maximum atomic E-state index is 15.0. The summed E-state index contributed by atoms with van der Waals surface area (Å²) in [5, 5.41) is 13.3. The molecular weight excluding hydrogens is 497 g/mol. The lowest BCUT2D eigenvalue weighted by molar-refractivity contribution is -0.113. The fourth-order valence-electron chi connectivity index (χ4n) is 3.87. The molecule has 35 heavy (non-hydrogen) atoms. The highest BCUT2D eigenvalue weighted by molar-refractivity contribution is 6.30. The first-order valence-corrected chi connectivity index (χ1v) is 11.1. The molecule has 1 aliphatic heterocycles. The van der Waals surface area contributed by atoms with Crippen molar-refractivity contribution in [2.45, 2.75) is 13.0 Å². The van der Waals surface area contributed by atoms with Gasteiger partial charge in [-0.05, 0) is 37.3 Å². The van der Waals surface area contributed by atoms with E-state index in [1.165, 1.54) is 36.7 Å². The third-order valence-corrected chi connectivity index (χ3v) is 5.96. The van der Waals surface area contributed by atoms with Crippen LogP contribution in [0.25, 0.3) is 10.9 Å². The summed E-state index contributed by atoms with van der Waals surface area (Å²) in [4.78, 5) is 22.0. The van der Waals surface area contributed by atoms with Gasteiger partial charge in [-0.15, -0.1) is 0 Å². The molecule has 0 saturated carbocycles. The van der Waals surface area contributed by atoms with Crippen LogP contribution in [0.3, 0.4) is 0 Å². The summed E-state index contributed by atoms with van der Waals surface area (Å²) in [5.74, 6) is -1.56. The van der Waals surface area contributed by atoms with Crippen molar-refractivity contribution in [3.63, 3.8) is 0 Å².